The fourth-order valence-corrected chi connectivity index (χ4v) is 1.71. The smallest absolute Gasteiger partial charge is 0.258 e. The second-order valence-electron chi connectivity index (χ2n) is 3.45. The molecule has 15 heavy (non-hydrogen) atoms. The van der Waals surface area contributed by atoms with Gasteiger partial charge in [-0.1, -0.05) is 31.2 Å². The van der Waals surface area contributed by atoms with Crippen molar-refractivity contribution in [2.75, 3.05) is 0 Å². The predicted octanol–water partition coefficient (Wildman–Crippen LogP) is 3.31. The van der Waals surface area contributed by atoms with Gasteiger partial charge in [0, 0.05) is 6.07 Å². The standard InChI is InChI=1S/C12H11NO2/c1-2-9-7-10-5-3-4-6-11(10)12(8-9)13(14)15/h3-8H,2H2,1H3. The van der Waals surface area contributed by atoms with Crippen molar-refractivity contribution < 1.29 is 4.92 Å². The molecular formula is C12H11NO2. The first-order chi connectivity index (χ1) is 7.22. The molecule has 0 radical (unpaired) electrons. The predicted molar refractivity (Wildman–Crippen MR) is 60.0 cm³/mol. The summed E-state index contributed by atoms with van der Waals surface area (Å²) >= 11 is 0. The highest BCUT2D eigenvalue weighted by Crippen LogP contribution is 2.27. The van der Waals surface area contributed by atoms with E-state index in [9.17, 15) is 10.1 Å². The second kappa shape index (κ2) is 3.69. The molecule has 0 aliphatic carbocycles. The minimum Gasteiger partial charge on any atom is -0.258 e. The lowest BCUT2D eigenvalue weighted by atomic mass is 10.0. The molecule has 0 bridgehead atoms. The summed E-state index contributed by atoms with van der Waals surface area (Å²) in [4.78, 5) is 10.6. The van der Waals surface area contributed by atoms with E-state index in [1.807, 2.05) is 31.2 Å². The molecule has 2 aromatic rings. The summed E-state index contributed by atoms with van der Waals surface area (Å²) < 4.78 is 0. The van der Waals surface area contributed by atoms with E-state index in [1.54, 1.807) is 12.1 Å². The van der Waals surface area contributed by atoms with Gasteiger partial charge in [-0.05, 0) is 23.4 Å². The molecule has 0 unspecified atom stereocenters. The zero-order chi connectivity index (χ0) is 10.8. The topological polar surface area (TPSA) is 43.1 Å². The molecule has 2 rings (SSSR count). The quantitative estimate of drug-likeness (QED) is 0.552. The first-order valence-electron chi connectivity index (χ1n) is 4.88. The van der Waals surface area contributed by atoms with Crippen molar-refractivity contribution >= 4 is 16.5 Å². The summed E-state index contributed by atoms with van der Waals surface area (Å²) in [5.74, 6) is 0. The lowest BCUT2D eigenvalue weighted by Gasteiger charge is -2.02. The van der Waals surface area contributed by atoms with Gasteiger partial charge in [0.1, 0.15) is 0 Å². The van der Waals surface area contributed by atoms with Gasteiger partial charge in [-0.15, -0.1) is 0 Å². The van der Waals surface area contributed by atoms with Crippen LogP contribution in [0.5, 0.6) is 0 Å². The monoisotopic (exact) mass is 201 g/mol. The van der Waals surface area contributed by atoms with Crippen LogP contribution in [-0.4, -0.2) is 4.92 Å². The third kappa shape index (κ3) is 1.68. The fourth-order valence-electron chi connectivity index (χ4n) is 1.71. The minimum absolute atomic E-state index is 0.199. The SMILES string of the molecule is CCc1cc([N+](=O)[O-])c2ccccc2c1. The van der Waals surface area contributed by atoms with Gasteiger partial charge in [0.15, 0.2) is 0 Å². The van der Waals surface area contributed by atoms with E-state index in [2.05, 4.69) is 0 Å². The Hall–Kier alpha value is -1.90. The number of benzene rings is 2. The Bertz CT molecular complexity index is 520. The van der Waals surface area contributed by atoms with E-state index in [0.29, 0.717) is 5.39 Å². The molecular weight excluding hydrogens is 190 g/mol. The van der Waals surface area contributed by atoms with E-state index in [0.717, 1.165) is 17.4 Å². The van der Waals surface area contributed by atoms with Crippen molar-refractivity contribution in [2.24, 2.45) is 0 Å². The van der Waals surface area contributed by atoms with Crippen molar-refractivity contribution in [1.82, 2.24) is 0 Å². The van der Waals surface area contributed by atoms with E-state index < -0.39 is 0 Å². The highest BCUT2D eigenvalue weighted by Gasteiger charge is 2.12. The van der Waals surface area contributed by atoms with Crippen LogP contribution in [0.4, 0.5) is 5.69 Å². The zero-order valence-electron chi connectivity index (χ0n) is 8.43. The zero-order valence-corrected chi connectivity index (χ0v) is 8.43. The number of nitrogens with zero attached hydrogens (tertiary/aromatic N) is 1. The Morgan fingerprint density at radius 3 is 2.67 bits per heavy atom. The van der Waals surface area contributed by atoms with Gasteiger partial charge in [-0.2, -0.15) is 0 Å². The average Bonchev–Trinajstić information content (AvgIpc) is 2.27. The molecule has 0 spiro atoms. The van der Waals surface area contributed by atoms with Gasteiger partial charge < -0.3 is 0 Å². The average molecular weight is 201 g/mol. The van der Waals surface area contributed by atoms with E-state index in [-0.39, 0.29) is 10.6 Å². The van der Waals surface area contributed by atoms with Crippen molar-refractivity contribution in [3.8, 4) is 0 Å². The number of aryl methyl sites for hydroxylation is 1. The number of hydrogen-bond donors (Lipinski definition) is 0. The molecule has 0 atom stereocenters. The van der Waals surface area contributed by atoms with E-state index in [1.165, 1.54) is 0 Å². The summed E-state index contributed by atoms with van der Waals surface area (Å²) in [5.41, 5.74) is 1.20. The maximum Gasteiger partial charge on any atom is 0.277 e. The van der Waals surface area contributed by atoms with Gasteiger partial charge in [0.2, 0.25) is 0 Å². The van der Waals surface area contributed by atoms with Crippen molar-refractivity contribution in [2.45, 2.75) is 13.3 Å². The number of non-ortho nitro benzene ring substituents is 1. The molecule has 0 saturated carbocycles. The normalized spacial score (nSPS) is 10.5. The molecule has 3 nitrogen and oxygen atoms in total. The molecule has 0 saturated heterocycles. The maximum absolute atomic E-state index is 10.9. The van der Waals surface area contributed by atoms with Gasteiger partial charge >= 0.3 is 0 Å². The Balaban J connectivity index is 2.80. The summed E-state index contributed by atoms with van der Waals surface area (Å²) in [6.45, 7) is 1.99. The molecule has 0 amide bonds. The van der Waals surface area contributed by atoms with Crippen molar-refractivity contribution in [3.63, 3.8) is 0 Å². The molecule has 0 fully saturated rings. The van der Waals surface area contributed by atoms with Crippen molar-refractivity contribution in [3.05, 3.63) is 52.1 Å². The summed E-state index contributed by atoms with van der Waals surface area (Å²) in [5, 5.41) is 12.5. The second-order valence-corrected chi connectivity index (χ2v) is 3.45. The summed E-state index contributed by atoms with van der Waals surface area (Å²) in [7, 11) is 0. The molecule has 0 aliphatic heterocycles. The molecule has 0 heterocycles. The van der Waals surface area contributed by atoms with Crippen LogP contribution in [0.3, 0.4) is 0 Å². The van der Waals surface area contributed by atoms with Gasteiger partial charge in [-0.25, -0.2) is 0 Å². The Labute approximate surface area is 87.5 Å². The van der Waals surface area contributed by atoms with Crippen molar-refractivity contribution in [1.29, 1.82) is 0 Å². The Morgan fingerprint density at radius 1 is 1.27 bits per heavy atom. The third-order valence-corrected chi connectivity index (χ3v) is 2.50. The highest BCUT2D eigenvalue weighted by molar-refractivity contribution is 5.91. The van der Waals surface area contributed by atoms with Gasteiger partial charge in [-0.3, -0.25) is 10.1 Å². The van der Waals surface area contributed by atoms with Crippen LogP contribution in [0.15, 0.2) is 36.4 Å². The minimum atomic E-state index is -0.318. The summed E-state index contributed by atoms with van der Waals surface area (Å²) in [6.07, 6.45) is 0.811. The molecule has 0 aliphatic rings. The van der Waals surface area contributed by atoms with Crippen LogP contribution < -0.4 is 0 Å². The largest absolute Gasteiger partial charge is 0.277 e. The van der Waals surface area contributed by atoms with Crippen LogP contribution in [-0.2, 0) is 6.42 Å². The Kier molecular flexibility index (Phi) is 2.37. The molecule has 2 aromatic carbocycles. The lowest BCUT2D eigenvalue weighted by molar-refractivity contribution is -0.383. The first-order valence-corrected chi connectivity index (χ1v) is 4.88. The number of hydrogen-bond acceptors (Lipinski definition) is 2. The fraction of sp³-hybridized carbons (Fsp3) is 0.167. The number of nitro benzene ring substituents is 1. The summed E-state index contributed by atoms with van der Waals surface area (Å²) in [6, 6.07) is 11.1. The molecule has 3 heteroatoms. The number of fused-ring (bicyclic) bond motifs is 1. The van der Waals surface area contributed by atoms with Crippen LogP contribution in [0.1, 0.15) is 12.5 Å². The molecule has 0 N–H and O–H groups in total. The molecule has 76 valence electrons. The maximum atomic E-state index is 10.9. The van der Waals surface area contributed by atoms with Gasteiger partial charge in [0.25, 0.3) is 5.69 Å². The van der Waals surface area contributed by atoms with E-state index >= 15 is 0 Å². The van der Waals surface area contributed by atoms with Crippen LogP contribution in [0.2, 0.25) is 0 Å². The van der Waals surface area contributed by atoms with Gasteiger partial charge in [0.05, 0.1) is 10.3 Å². The number of nitro groups is 1. The van der Waals surface area contributed by atoms with E-state index in [4.69, 9.17) is 0 Å². The number of rotatable bonds is 2. The van der Waals surface area contributed by atoms with Crippen LogP contribution in [0.25, 0.3) is 10.8 Å². The molecule has 0 aromatic heterocycles. The van der Waals surface area contributed by atoms with Crippen LogP contribution in [0, 0.1) is 10.1 Å². The third-order valence-electron chi connectivity index (χ3n) is 2.50. The Morgan fingerprint density at radius 2 is 2.00 bits per heavy atom. The van der Waals surface area contributed by atoms with Crippen LogP contribution >= 0.6 is 0 Å². The lowest BCUT2D eigenvalue weighted by Crippen LogP contribution is -1.92. The first kappa shape index (κ1) is 9.65. The highest BCUT2D eigenvalue weighted by atomic mass is 16.6.